The Hall–Kier alpha value is -1.51. The van der Waals surface area contributed by atoms with E-state index in [1.54, 1.807) is 6.07 Å². The highest BCUT2D eigenvalue weighted by atomic mass is 16.5. The highest BCUT2D eigenvalue weighted by molar-refractivity contribution is 5.97. The molecule has 0 saturated heterocycles. The fourth-order valence-electron chi connectivity index (χ4n) is 1.56. The SMILES string of the molecule is CC1NC(=O)c2ccccc2OC1(C)C. The van der Waals surface area contributed by atoms with Crippen LogP contribution in [0, 0.1) is 0 Å². The molecule has 0 aliphatic carbocycles. The Morgan fingerprint density at radius 1 is 1.33 bits per heavy atom. The Balaban J connectivity index is 2.48. The zero-order valence-corrected chi connectivity index (χ0v) is 9.20. The minimum absolute atomic E-state index is 0.0163. The number of para-hydroxylation sites is 1. The van der Waals surface area contributed by atoms with Crippen LogP contribution in [-0.4, -0.2) is 17.6 Å². The van der Waals surface area contributed by atoms with Crippen LogP contribution in [-0.2, 0) is 0 Å². The van der Waals surface area contributed by atoms with Gasteiger partial charge < -0.3 is 10.1 Å². The predicted molar refractivity (Wildman–Crippen MR) is 58.1 cm³/mol. The van der Waals surface area contributed by atoms with E-state index in [0.29, 0.717) is 11.3 Å². The van der Waals surface area contributed by atoms with Crippen LogP contribution in [0.5, 0.6) is 5.75 Å². The molecule has 3 heteroatoms. The fourth-order valence-corrected chi connectivity index (χ4v) is 1.56. The molecule has 0 spiro atoms. The van der Waals surface area contributed by atoms with Crippen LogP contribution in [0.15, 0.2) is 24.3 Å². The maximum atomic E-state index is 11.8. The van der Waals surface area contributed by atoms with Crippen LogP contribution in [0.25, 0.3) is 0 Å². The topological polar surface area (TPSA) is 38.3 Å². The lowest BCUT2D eigenvalue weighted by Crippen LogP contribution is -2.48. The van der Waals surface area contributed by atoms with Crippen LogP contribution in [0.4, 0.5) is 0 Å². The summed E-state index contributed by atoms with van der Waals surface area (Å²) in [5, 5.41) is 2.92. The van der Waals surface area contributed by atoms with E-state index in [4.69, 9.17) is 4.74 Å². The molecule has 80 valence electrons. The Morgan fingerprint density at radius 2 is 2.00 bits per heavy atom. The van der Waals surface area contributed by atoms with Crippen molar-refractivity contribution in [3.63, 3.8) is 0 Å². The van der Waals surface area contributed by atoms with Gasteiger partial charge in [0.2, 0.25) is 0 Å². The smallest absolute Gasteiger partial charge is 0.255 e. The molecule has 1 atom stereocenters. The molecule has 1 amide bonds. The lowest BCUT2D eigenvalue weighted by atomic mass is 10.0. The van der Waals surface area contributed by atoms with Gasteiger partial charge >= 0.3 is 0 Å². The molecule has 15 heavy (non-hydrogen) atoms. The summed E-state index contributed by atoms with van der Waals surface area (Å²) in [7, 11) is 0. The largest absolute Gasteiger partial charge is 0.485 e. The summed E-state index contributed by atoms with van der Waals surface area (Å²) in [6.45, 7) is 5.89. The summed E-state index contributed by atoms with van der Waals surface area (Å²) < 4.78 is 5.84. The number of carbonyl (C=O) groups excluding carboxylic acids is 1. The number of hydrogen-bond acceptors (Lipinski definition) is 2. The van der Waals surface area contributed by atoms with Crippen LogP contribution < -0.4 is 10.1 Å². The van der Waals surface area contributed by atoms with E-state index in [0.717, 1.165) is 0 Å². The summed E-state index contributed by atoms with van der Waals surface area (Å²) in [5.74, 6) is 0.591. The fraction of sp³-hybridized carbons (Fsp3) is 0.417. The lowest BCUT2D eigenvalue weighted by molar-refractivity contribution is 0.0712. The molecule has 1 aromatic rings. The second kappa shape index (κ2) is 3.26. The van der Waals surface area contributed by atoms with Crippen LogP contribution in [0.2, 0.25) is 0 Å². The number of fused-ring (bicyclic) bond motifs is 1. The second-order valence-corrected chi connectivity index (χ2v) is 4.40. The maximum Gasteiger partial charge on any atom is 0.255 e. The predicted octanol–water partition coefficient (Wildman–Crippen LogP) is 1.98. The van der Waals surface area contributed by atoms with Crippen molar-refractivity contribution in [3.8, 4) is 5.75 Å². The Labute approximate surface area is 89.4 Å². The number of rotatable bonds is 0. The molecule has 0 bridgehead atoms. The first kappa shape index (κ1) is 10.0. The maximum absolute atomic E-state index is 11.8. The van der Waals surface area contributed by atoms with Gasteiger partial charge in [-0.3, -0.25) is 4.79 Å². The number of carbonyl (C=O) groups is 1. The van der Waals surface area contributed by atoms with Gasteiger partial charge in [-0.2, -0.15) is 0 Å². The van der Waals surface area contributed by atoms with Gasteiger partial charge in [0.05, 0.1) is 11.6 Å². The third-order valence-electron chi connectivity index (χ3n) is 2.90. The second-order valence-electron chi connectivity index (χ2n) is 4.40. The van der Waals surface area contributed by atoms with Crippen molar-refractivity contribution in [1.29, 1.82) is 0 Å². The van der Waals surface area contributed by atoms with Gasteiger partial charge in [-0.05, 0) is 32.9 Å². The molecule has 1 aliphatic rings. The van der Waals surface area contributed by atoms with Crippen LogP contribution in [0.1, 0.15) is 31.1 Å². The van der Waals surface area contributed by atoms with Crippen molar-refractivity contribution < 1.29 is 9.53 Å². The number of nitrogens with one attached hydrogen (secondary N) is 1. The average Bonchev–Trinajstić information content (AvgIpc) is 2.24. The lowest BCUT2D eigenvalue weighted by Gasteiger charge is -2.30. The normalized spacial score (nSPS) is 23.4. The summed E-state index contributed by atoms with van der Waals surface area (Å²) >= 11 is 0. The molecular formula is C12H15NO2. The first-order chi connectivity index (χ1) is 7.00. The molecule has 1 unspecified atom stereocenters. The number of ether oxygens (including phenoxy) is 1. The molecule has 3 nitrogen and oxygen atoms in total. The van der Waals surface area contributed by atoms with Crippen LogP contribution in [0.3, 0.4) is 0 Å². The molecule has 1 aromatic carbocycles. The zero-order chi connectivity index (χ0) is 11.1. The molecule has 0 aromatic heterocycles. The van der Waals surface area contributed by atoms with E-state index in [2.05, 4.69) is 5.32 Å². The van der Waals surface area contributed by atoms with Gasteiger partial charge in [0, 0.05) is 0 Å². The third kappa shape index (κ3) is 1.69. The monoisotopic (exact) mass is 205 g/mol. The molecular weight excluding hydrogens is 190 g/mol. The minimum atomic E-state index is -0.387. The summed E-state index contributed by atoms with van der Waals surface area (Å²) in [4.78, 5) is 11.8. The van der Waals surface area contributed by atoms with Crippen LogP contribution >= 0.6 is 0 Å². The Kier molecular flexibility index (Phi) is 2.18. The van der Waals surface area contributed by atoms with Crippen molar-refractivity contribution in [3.05, 3.63) is 29.8 Å². The van der Waals surface area contributed by atoms with Crippen molar-refractivity contribution in [2.45, 2.75) is 32.4 Å². The van der Waals surface area contributed by atoms with E-state index in [-0.39, 0.29) is 17.6 Å². The Bertz CT molecular complexity index is 398. The molecule has 0 fully saturated rings. The standard InChI is InChI=1S/C12H15NO2/c1-8-12(2,3)15-10-7-5-4-6-9(10)11(14)13-8/h4-8H,1-3H3,(H,13,14). The van der Waals surface area contributed by atoms with E-state index in [1.165, 1.54) is 0 Å². The van der Waals surface area contributed by atoms with E-state index < -0.39 is 0 Å². The number of amides is 1. The van der Waals surface area contributed by atoms with Gasteiger partial charge in [0.1, 0.15) is 11.4 Å². The van der Waals surface area contributed by atoms with Crippen molar-refractivity contribution in [2.24, 2.45) is 0 Å². The molecule has 0 saturated carbocycles. The van der Waals surface area contributed by atoms with Gasteiger partial charge in [0.25, 0.3) is 5.91 Å². The quantitative estimate of drug-likeness (QED) is 0.703. The highest BCUT2D eigenvalue weighted by Gasteiger charge is 2.34. The molecule has 1 N–H and O–H groups in total. The van der Waals surface area contributed by atoms with E-state index in [1.807, 2.05) is 39.0 Å². The first-order valence-corrected chi connectivity index (χ1v) is 5.09. The minimum Gasteiger partial charge on any atom is -0.485 e. The molecule has 0 radical (unpaired) electrons. The van der Waals surface area contributed by atoms with Gasteiger partial charge in [0.15, 0.2) is 0 Å². The zero-order valence-electron chi connectivity index (χ0n) is 9.20. The van der Waals surface area contributed by atoms with Gasteiger partial charge in [-0.1, -0.05) is 12.1 Å². The van der Waals surface area contributed by atoms with E-state index >= 15 is 0 Å². The van der Waals surface area contributed by atoms with Gasteiger partial charge in [-0.15, -0.1) is 0 Å². The first-order valence-electron chi connectivity index (χ1n) is 5.09. The van der Waals surface area contributed by atoms with Crippen molar-refractivity contribution in [2.75, 3.05) is 0 Å². The van der Waals surface area contributed by atoms with Crippen molar-refractivity contribution in [1.82, 2.24) is 5.32 Å². The Morgan fingerprint density at radius 3 is 2.73 bits per heavy atom. The third-order valence-corrected chi connectivity index (χ3v) is 2.90. The molecule has 1 aliphatic heterocycles. The number of benzene rings is 1. The number of hydrogen-bond donors (Lipinski definition) is 1. The highest BCUT2D eigenvalue weighted by Crippen LogP contribution is 2.28. The average molecular weight is 205 g/mol. The van der Waals surface area contributed by atoms with E-state index in [9.17, 15) is 4.79 Å². The van der Waals surface area contributed by atoms with Gasteiger partial charge in [-0.25, -0.2) is 0 Å². The van der Waals surface area contributed by atoms with Crippen molar-refractivity contribution >= 4 is 5.91 Å². The molecule has 1 heterocycles. The summed E-state index contributed by atoms with van der Waals surface area (Å²) in [6.07, 6.45) is 0. The molecule has 2 rings (SSSR count). The summed E-state index contributed by atoms with van der Waals surface area (Å²) in [6, 6.07) is 7.30. The summed E-state index contributed by atoms with van der Waals surface area (Å²) in [5.41, 5.74) is 0.220.